The second kappa shape index (κ2) is 5.41. The molecule has 1 aliphatic rings. The summed E-state index contributed by atoms with van der Waals surface area (Å²) in [6.45, 7) is 3.86. The second-order valence-electron chi connectivity index (χ2n) is 4.79. The first-order valence-corrected chi connectivity index (χ1v) is 6.04. The largest absolute Gasteiger partial charge is 0.393 e. The lowest BCUT2D eigenvalue weighted by molar-refractivity contribution is 0.177. The highest BCUT2D eigenvalue weighted by atomic mass is 16.3. The highest BCUT2D eigenvalue weighted by Crippen LogP contribution is 2.24. The lowest BCUT2D eigenvalue weighted by Gasteiger charge is -2.10. The van der Waals surface area contributed by atoms with E-state index in [2.05, 4.69) is 22.4 Å². The Morgan fingerprint density at radius 2 is 2.31 bits per heavy atom. The summed E-state index contributed by atoms with van der Waals surface area (Å²) in [5.74, 6) is 0.639. The maximum absolute atomic E-state index is 9.41. The van der Waals surface area contributed by atoms with Crippen molar-refractivity contribution in [3.63, 3.8) is 0 Å². The van der Waals surface area contributed by atoms with Crippen molar-refractivity contribution in [3.8, 4) is 0 Å². The van der Waals surface area contributed by atoms with Gasteiger partial charge >= 0.3 is 0 Å². The fourth-order valence-electron chi connectivity index (χ4n) is 2.24. The molecule has 0 radical (unpaired) electrons. The molecule has 2 N–H and O–H groups in total. The molecule has 1 aromatic heterocycles. The molecule has 0 aromatic carbocycles. The first-order chi connectivity index (χ1) is 7.74. The summed E-state index contributed by atoms with van der Waals surface area (Å²) in [5.41, 5.74) is 2.28. The van der Waals surface area contributed by atoms with Gasteiger partial charge in [0.15, 0.2) is 0 Å². The minimum Gasteiger partial charge on any atom is -0.393 e. The molecule has 1 aromatic rings. The van der Waals surface area contributed by atoms with E-state index in [9.17, 15) is 5.11 Å². The number of pyridine rings is 1. The number of aliphatic hydroxyl groups is 1. The topological polar surface area (TPSA) is 45.1 Å². The highest BCUT2D eigenvalue weighted by Gasteiger charge is 2.21. The Morgan fingerprint density at radius 1 is 1.44 bits per heavy atom. The SMILES string of the molecule is Cc1ccc(CNCC2CCC(O)C2)nc1. The van der Waals surface area contributed by atoms with Crippen molar-refractivity contribution in [1.29, 1.82) is 0 Å². The van der Waals surface area contributed by atoms with Crippen LogP contribution in [0.15, 0.2) is 18.3 Å². The van der Waals surface area contributed by atoms with Crippen LogP contribution in [0.1, 0.15) is 30.5 Å². The molecule has 2 unspecified atom stereocenters. The first-order valence-electron chi connectivity index (χ1n) is 6.04. The van der Waals surface area contributed by atoms with Crippen LogP contribution < -0.4 is 5.32 Å². The number of aromatic nitrogens is 1. The number of nitrogens with zero attached hydrogens (tertiary/aromatic N) is 1. The van der Waals surface area contributed by atoms with E-state index in [-0.39, 0.29) is 6.10 Å². The molecule has 2 atom stereocenters. The van der Waals surface area contributed by atoms with Gasteiger partial charge in [-0.15, -0.1) is 0 Å². The highest BCUT2D eigenvalue weighted by molar-refractivity contribution is 5.11. The Kier molecular flexibility index (Phi) is 3.91. The Bertz CT molecular complexity index is 323. The van der Waals surface area contributed by atoms with Crippen LogP contribution in [0.3, 0.4) is 0 Å². The van der Waals surface area contributed by atoms with Crippen LogP contribution in [0.5, 0.6) is 0 Å². The quantitative estimate of drug-likeness (QED) is 0.811. The third kappa shape index (κ3) is 3.29. The normalized spacial score (nSPS) is 24.9. The van der Waals surface area contributed by atoms with Crippen LogP contribution in [0, 0.1) is 12.8 Å². The molecule has 3 heteroatoms. The van der Waals surface area contributed by atoms with E-state index in [1.54, 1.807) is 0 Å². The van der Waals surface area contributed by atoms with Gasteiger partial charge in [-0.3, -0.25) is 4.98 Å². The molecule has 0 bridgehead atoms. The van der Waals surface area contributed by atoms with E-state index in [1.807, 2.05) is 13.1 Å². The maximum atomic E-state index is 9.41. The van der Waals surface area contributed by atoms with Gasteiger partial charge in [0, 0.05) is 12.7 Å². The third-order valence-corrected chi connectivity index (χ3v) is 3.23. The van der Waals surface area contributed by atoms with Crippen molar-refractivity contribution in [2.45, 2.75) is 38.8 Å². The van der Waals surface area contributed by atoms with Crippen molar-refractivity contribution in [1.82, 2.24) is 10.3 Å². The predicted molar refractivity (Wildman–Crippen MR) is 64.0 cm³/mol. The zero-order valence-electron chi connectivity index (χ0n) is 9.82. The van der Waals surface area contributed by atoms with Crippen molar-refractivity contribution in [2.75, 3.05) is 6.54 Å². The van der Waals surface area contributed by atoms with E-state index in [1.165, 1.54) is 5.56 Å². The smallest absolute Gasteiger partial charge is 0.0543 e. The fraction of sp³-hybridized carbons (Fsp3) is 0.615. The predicted octanol–water partition coefficient (Wildman–Crippen LogP) is 1.64. The summed E-state index contributed by atoms with van der Waals surface area (Å²) in [5, 5.41) is 12.8. The van der Waals surface area contributed by atoms with Crippen LogP contribution in [-0.2, 0) is 6.54 Å². The second-order valence-corrected chi connectivity index (χ2v) is 4.79. The van der Waals surface area contributed by atoms with Crippen molar-refractivity contribution >= 4 is 0 Å². The molecule has 1 saturated carbocycles. The Labute approximate surface area is 96.9 Å². The summed E-state index contributed by atoms with van der Waals surface area (Å²) in [7, 11) is 0. The average molecular weight is 220 g/mol. The minimum absolute atomic E-state index is 0.0655. The van der Waals surface area contributed by atoms with Crippen LogP contribution in [0.2, 0.25) is 0 Å². The van der Waals surface area contributed by atoms with Crippen LogP contribution >= 0.6 is 0 Å². The Balaban J connectivity index is 1.70. The molecule has 3 nitrogen and oxygen atoms in total. The molecule has 1 heterocycles. The van der Waals surface area contributed by atoms with E-state index < -0.39 is 0 Å². The summed E-state index contributed by atoms with van der Waals surface area (Å²) in [4.78, 5) is 4.35. The maximum Gasteiger partial charge on any atom is 0.0543 e. The van der Waals surface area contributed by atoms with E-state index in [0.29, 0.717) is 5.92 Å². The molecular weight excluding hydrogens is 200 g/mol. The Hall–Kier alpha value is -0.930. The van der Waals surface area contributed by atoms with Crippen LogP contribution in [-0.4, -0.2) is 22.7 Å². The van der Waals surface area contributed by atoms with Crippen LogP contribution in [0.25, 0.3) is 0 Å². The summed E-state index contributed by atoms with van der Waals surface area (Å²) in [6.07, 6.45) is 4.90. The zero-order valence-corrected chi connectivity index (χ0v) is 9.82. The minimum atomic E-state index is -0.0655. The molecule has 0 aliphatic heterocycles. The van der Waals surface area contributed by atoms with Gasteiger partial charge in [0.05, 0.1) is 11.8 Å². The fourth-order valence-corrected chi connectivity index (χ4v) is 2.24. The molecule has 88 valence electrons. The lowest BCUT2D eigenvalue weighted by Crippen LogP contribution is -2.21. The molecule has 1 fully saturated rings. The van der Waals surface area contributed by atoms with Gasteiger partial charge in [-0.1, -0.05) is 6.07 Å². The molecule has 0 spiro atoms. The Morgan fingerprint density at radius 3 is 2.94 bits per heavy atom. The zero-order chi connectivity index (χ0) is 11.4. The van der Waals surface area contributed by atoms with Gasteiger partial charge in [0.25, 0.3) is 0 Å². The number of aliphatic hydroxyl groups excluding tert-OH is 1. The monoisotopic (exact) mass is 220 g/mol. The van der Waals surface area contributed by atoms with Crippen molar-refractivity contribution in [3.05, 3.63) is 29.6 Å². The molecule has 2 rings (SSSR count). The van der Waals surface area contributed by atoms with Crippen molar-refractivity contribution in [2.24, 2.45) is 5.92 Å². The van der Waals surface area contributed by atoms with Gasteiger partial charge in [0.2, 0.25) is 0 Å². The van der Waals surface area contributed by atoms with E-state index >= 15 is 0 Å². The summed E-state index contributed by atoms with van der Waals surface area (Å²) >= 11 is 0. The number of rotatable bonds is 4. The molecule has 0 amide bonds. The number of nitrogens with one attached hydrogen (secondary N) is 1. The van der Waals surface area contributed by atoms with Gasteiger partial charge in [0.1, 0.15) is 0 Å². The number of aryl methyl sites for hydroxylation is 1. The van der Waals surface area contributed by atoms with Gasteiger partial charge in [-0.25, -0.2) is 0 Å². The van der Waals surface area contributed by atoms with Gasteiger partial charge < -0.3 is 10.4 Å². The number of hydrogen-bond acceptors (Lipinski definition) is 3. The van der Waals surface area contributed by atoms with E-state index in [4.69, 9.17) is 0 Å². The standard InChI is InChI=1S/C13H20N2O/c1-10-2-4-12(15-7-10)9-14-8-11-3-5-13(16)6-11/h2,4,7,11,13-14,16H,3,5-6,8-9H2,1H3. The van der Waals surface area contributed by atoms with E-state index in [0.717, 1.165) is 38.0 Å². The summed E-state index contributed by atoms with van der Waals surface area (Å²) < 4.78 is 0. The average Bonchev–Trinajstić information content (AvgIpc) is 2.67. The van der Waals surface area contributed by atoms with Crippen molar-refractivity contribution < 1.29 is 5.11 Å². The van der Waals surface area contributed by atoms with Gasteiger partial charge in [-0.2, -0.15) is 0 Å². The third-order valence-electron chi connectivity index (χ3n) is 3.23. The number of hydrogen-bond donors (Lipinski definition) is 2. The van der Waals surface area contributed by atoms with Gasteiger partial charge in [-0.05, 0) is 50.3 Å². The first kappa shape index (κ1) is 11.6. The molecule has 1 aliphatic carbocycles. The molecular formula is C13H20N2O. The summed E-state index contributed by atoms with van der Waals surface area (Å²) in [6, 6.07) is 4.15. The lowest BCUT2D eigenvalue weighted by atomic mass is 10.1. The van der Waals surface area contributed by atoms with Crippen LogP contribution in [0.4, 0.5) is 0 Å². The molecule has 0 saturated heterocycles. The molecule has 16 heavy (non-hydrogen) atoms.